The maximum atomic E-state index is 12.4. The van der Waals surface area contributed by atoms with Crippen molar-refractivity contribution in [2.24, 2.45) is 0 Å². The molecule has 0 saturated carbocycles. The highest BCUT2D eigenvalue weighted by molar-refractivity contribution is 5.76. The van der Waals surface area contributed by atoms with Gasteiger partial charge in [0, 0.05) is 12.8 Å². The first-order chi connectivity index (χ1) is 34.0. The van der Waals surface area contributed by atoms with Gasteiger partial charge in [0.05, 0.1) is 25.4 Å². The van der Waals surface area contributed by atoms with Crippen molar-refractivity contribution in [2.75, 3.05) is 13.2 Å². The van der Waals surface area contributed by atoms with Crippen LogP contribution in [0.15, 0.2) is 24.3 Å². The molecule has 0 rings (SSSR count). The Balaban J connectivity index is 3.36. The molecule has 69 heavy (non-hydrogen) atoms. The van der Waals surface area contributed by atoms with E-state index in [4.69, 9.17) is 4.74 Å². The predicted octanol–water partition coefficient (Wildman–Crippen LogP) is 19.4. The van der Waals surface area contributed by atoms with Gasteiger partial charge in [-0.15, -0.1) is 0 Å². The van der Waals surface area contributed by atoms with Crippen molar-refractivity contribution in [3.05, 3.63) is 24.3 Å². The van der Waals surface area contributed by atoms with Gasteiger partial charge in [-0.2, -0.15) is 0 Å². The van der Waals surface area contributed by atoms with E-state index in [0.717, 1.165) is 38.5 Å². The van der Waals surface area contributed by atoms with E-state index in [2.05, 4.69) is 31.3 Å². The lowest BCUT2D eigenvalue weighted by atomic mass is 10.0. The van der Waals surface area contributed by atoms with E-state index >= 15 is 0 Å². The first kappa shape index (κ1) is 67.3. The first-order valence-corrected chi connectivity index (χ1v) is 31.1. The number of hydrogen-bond donors (Lipinski definition) is 3. The van der Waals surface area contributed by atoms with E-state index in [0.29, 0.717) is 19.4 Å². The molecular formula is C63H121NO5. The zero-order chi connectivity index (χ0) is 50.0. The highest BCUT2D eigenvalue weighted by Crippen LogP contribution is 2.17. The number of amides is 1. The molecular weight excluding hydrogens is 851 g/mol. The van der Waals surface area contributed by atoms with Crippen molar-refractivity contribution < 1.29 is 24.5 Å². The number of ether oxygens (including phenoxy) is 1. The average Bonchev–Trinajstić information content (AvgIpc) is 3.35. The second-order valence-electron chi connectivity index (χ2n) is 21.4. The van der Waals surface area contributed by atoms with Crippen LogP contribution < -0.4 is 5.32 Å². The number of esters is 1. The molecule has 0 aliphatic rings. The minimum absolute atomic E-state index is 0.0178. The molecule has 408 valence electrons. The lowest BCUT2D eigenvalue weighted by Crippen LogP contribution is -2.45. The predicted molar refractivity (Wildman–Crippen MR) is 301 cm³/mol. The molecule has 0 spiro atoms. The van der Waals surface area contributed by atoms with Crippen molar-refractivity contribution in [3.63, 3.8) is 0 Å². The summed E-state index contributed by atoms with van der Waals surface area (Å²) in [6.45, 7) is 4.90. The molecule has 0 radical (unpaired) electrons. The fourth-order valence-corrected chi connectivity index (χ4v) is 9.69. The number of allylic oxidation sites excluding steroid dienone is 3. The zero-order valence-corrected chi connectivity index (χ0v) is 46.6. The maximum Gasteiger partial charge on any atom is 0.305 e. The van der Waals surface area contributed by atoms with Crippen LogP contribution in [0, 0.1) is 0 Å². The third-order valence-corrected chi connectivity index (χ3v) is 14.5. The van der Waals surface area contributed by atoms with E-state index in [1.807, 2.05) is 6.08 Å². The summed E-state index contributed by atoms with van der Waals surface area (Å²) in [7, 11) is 0. The summed E-state index contributed by atoms with van der Waals surface area (Å²) in [5.74, 6) is -0.0521. The molecule has 0 heterocycles. The fraction of sp³-hybridized carbons (Fsp3) is 0.905. The highest BCUT2D eigenvalue weighted by Gasteiger charge is 2.18. The summed E-state index contributed by atoms with van der Waals surface area (Å²) in [6, 6.07) is -0.626. The van der Waals surface area contributed by atoms with Gasteiger partial charge in [0.1, 0.15) is 0 Å². The molecule has 6 nitrogen and oxygen atoms in total. The minimum atomic E-state index is -0.842. The Labute approximate surface area is 431 Å². The van der Waals surface area contributed by atoms with Crippen molar-refractivity contribution in [1.82, 2.24) is 5.32 Å². The number of aliphatic hydroxyl groups excluding tert-OH is 2. The molecule has 0 aliphatic carbocycles. The third-order valence-electron chi connectivity index (χ3n) is 14.5. The molecule has 0 aliphatic heterocycles. The van der Waals surface area contributed by atoms with Crippen LogP contribution in [0.5, 0.6) is 0 Å². The summed E-state index contributed by atoms with van der Waals surface area (Å²) in [5.41, 5.74) is 0. The minimum Gasteiger partial charge on any atom is -0.466 e. The van der Waals surface area contributed by atoms with Gasteiger partial charge in [0.15, 0.2) is 0 Å². The third kappa shape index (κ3) is 55.5. The van der Waals surface area contributed by atoms with Crippen LogP contribution >= 0.6 is 0 Å². The molecule has 0 aromatic heterocycles. The number of carbonyl (C=O) groups excluding carboxylic acids is 2. The second-order valence-corrected chi connectivity index (χ2v) is 21.4. The average molecular weight is 973 g/mol. The molecule has 1 amide bonds. The molecule has 6 heteroatoms. The maximum absolute atomic E-state index is 12.4. The zero-order valence-electron chi connectivity index (χ0n) is 46.6. The molecule has 0 bridgehead atoms. The van der Waals surface area contributed by atoms with E-state index in [1.165, 1.54) is 276 Å². The Morgan fingerprint density at radius 1 is 0.391 bits per heavy atom. The Hall–Kier alpha value is -1.66. The summed E-state index contributed by atoms with van der Waals surface area (Å²) in [4.78, 5) is 24.5. The first-order valence-electron chi connectivity index (χ1n) is 31.1. The number of rotatable bonds is 58. The molecule has 0 aromatic rings. The largest absolute Gasteiger partial charge is 0.466 e. The van der Waals surface area contributed by atoms with Crippen molar-refractivity contribution >= 4 is 11.9 Å². The summed E-state index contributed by atoms with van der Waals surface area (Å²) < 4.78 is 5.49. The molecule has 2 atom stereocenters. The lowest BCUT2D eigenvalue weighted by Gasteiger charge is -2.20. The normalized spacial score (nSPS) is 12.7. The van der Waals surface area contributed by atoms with E-state index in [-0.39, 0.29) is 18.5 Å². The van der Waals surface area contributed by atoms with Gasteiger partial charge in [0.2, 0.25) is 5.91 Å². The van der Waals surface area contributed by atoms with E-state index in [9.17, 15) is 19.8 Å². The summed E-state index contributed by atoms with van der Waals surface area (Å²) >= 11 is 0. The van der Waals surface area contributed by atoms with Crippen molar-refractivity contribution in [1.29, 1.82) is 0 Å². The topological polar surface area (TPSA) is 95.9 Å². The number of hydrogen-bond acceptors (Lipinski definition) is 5. The smallest absolute Gasteiger partial charge is 0.305 e. The molecule has 3 N–H and O–H groups in total. The lowest BCUT2D eigenvalue weighted by molar-refractivity contribution is -0.143. The Bertz CT molecular complexity index is 1080. The molecule has 0 fully saturated rings. The summed E-state index contributed by atoms with van der Waals surface area (Å²) in [5, 5.41) is 23.0. The number of unbranched alkanes of at least 4 members (excludes halogenated alkanes) is 45. The van der Waals surface area contributed by atoms with Gasteiger partial charge in [-0.05, 0) is 57.8 Å². The van der Waals surface area contributed by atoms with Crippen molar-refractivity contribution in [3.8, 4) is 0 Å². The Kier molecular flexibility index (Phi) is 57.5. The second kappa shape index (κ2) is 58.9. The number of carbonyl (C=O) groups is 2. The van der Waals surface area contributed by atoms with Crippen LogP contribution in [-0.2, 0) is 14.3 Å². The van der Waals surface area contributed by atoms with Crippen LogP contribution in [0.4, 0.5) is 0 Å². The van der Waals surface area contributed by atoms with Gasteiger partial charge in [0.25, 0.3) is 0 Å². The van der Waals surface area contributed by atoms with Crippen LogP contribution in [0.2, 0.25) is 0 Å². The number of aliphatic hydroxyl groups is 2. The fourth-order valence-electron chi connectivity index (χ4n) is 9.69. The monoisotopic (exact) mass is 972 g/mol. The van der Waals surface area contributed by atoms with Gasteiger partial charge in [-0.3, -0.25) is 9.59 Å². The van der Waals surface area contributed by atoms with Crippen molar-refractivity contribution in [2.45, 2.75) is 353 Å². The summed E-state index contributed by atoms with van der Waals surface area (Å²) in [6.07, 6.45) is 72.3. The van der Waals surface area contributed by atoms with Gasteiger partial charge in [-0.1, -0.05) is 295 Å². The molecule has 0 saturated heterocycles. The van der Waals surface area contributed by atoms with Crippen LogP contribution in [0.25, 0.3) is 0 Å². The van der Waals surface area contributed by atoms with Crippen LogP contribution in [-0.4, -0.2) is 47.4 Å². The quantitative estimate of drug-likeness (QED) is 0.0321. The Morgan fingerprint density at radius 3 is 1.03 bits per heavy atom. The van der Waals surface area contributed by atoms with E-state index < -0.39 is 12.1 Å². The van der Waals surface area contributed by atoms with Gasteiger partial charge in [-0.25, -0.2) is 0 Å². The van der Waals surface area contributed by atoms with E-state index in [1.54, 1.807) is 6.08 Å². The van der Waals surface area contributed by atoms with Gasteiger partial charge < -0.3 is 20.3 Å². The standard InChI is InChI=1S/C63H121NO5/c1-3-5-7-9-11-13-15-16-30-34-37-41-45-49-53-57-63(68)69-58-54-50-46-42-38-35-32-29-27-25-23-21-19-17-18-20-22-24-26-28-31-33-36-40-44-48-52-56-62(67)64-60(59-65)61(66)55-51-47-43-39-14-12-10-8-6-4-2/h17-18,51,55,60-61,65-66H,3-16,19-50,52-54,56-59H2,1-2H3,(H,64,67)/b18-17-,55-51+. The SMILES string of the molecule is CCCCCCCCCC/C=C/C(O)C(CO)NC(=O)CCCCCCCCCCCCC/C=C\CCCCCCCCCCCCCCOC(=O)CCCCCCCCCCCCCCCCC. The highest BCUT2D eigenvalue weighted by atomic mass is 16.5. The van der Waals surface area contributed by atoms with Gasteiger partial charge >= 0.3 is 5.97 Å². The Morgan fingerprint density at radius 2 is 0.681 bits per heavy atom. The molecule has 0 aromatic carbocycles. The molecule has 2 unspecified atom stereocenters. The van der Waals surface area contributed by atoms with Crippen LogP contribution in [0.3, 0.4) is 0 Å². The number of nitrogens with one attached hydrogen (secondary N) is 1. The van der Waals surface area contributed by atoms with Crippen LogP contribution in [0.1, 0.15) is 341 Å².